The quantitative estimate of drug-likeness (QED) is 0.320. The molecular formula is C12H6F3N3. The first kappa shape index (κ1) is 12.0. The van der Waals surface area contributed by atoms with Crippen LogP contribution in [0.1, 0.15) is 0 Å². The third-order valence-corrected chi connectivity index (χ3v) is 2.36. The van der Waals surface area contributed by atoms with Crippen LogP contribution in [-0.2, 0) is 0 Å². The summed E-state index contributed by atoms with van der Waals surface area (Å²) in [5.41, 5.74) is 7.30. The van der Waals surface area contributed by atoms with Gasteiger partial charge in [-0.15, -0.1) is 0 Å². The van der Waals surface area contributed by atoms with Crippen molar-refractivity contribution in [1.29, 1.82) is 0 Å². The van der Waals surface area contributed by atoms with Gasteiger partial charge >= 0.3 is 0 Å². The molecule has 0 aromatic heterocycles. The van der Waals surface area contributed by atoms with E-state index in [1.165, 1.54) is 12.1 Å². The van der Waals surface area contributed by atoms with Crippen LogP contribution in [-0.4, -0.2) is 0 Å². The molecule has 2 rings (SSSR count). The van der Waals surface area contributed by atoms with Crippen molar-refractivity contribution in [2.75, 3.05) is 0 Å². The molecule has 0 saturated carbocycles. The molecule has 0 N–H and O–H groups in total. The highest BCUT2D eigenvalue weighted by atomic mass is 19.2. The van der Waals surface area contributed by atoms with Crippen LogP contribution in [0, 0.1) is 17.5 Å². The number of hydrogen-bond donors (Lipinski definition) is 0. The first-order chi connectivity index (χ1) is 8.65. The predicted molar refractivity (Wildman–Crippen MR) is 60.6 cm³/mol. The minimum atomic E-state index is -1.49. The lowest BCUT2D eigenvalue weighted by molar-refractivity contribution is 0.500. The van der Waals surface area contributed by atoms with Crippen LogP contribution in [0.15, 0.2) is 41.5 Å². The normalized spacial score (nSPS) is 9.94. The highest BCUT2D eigenvalue weighted by Crippen LogP contribution is 2.32. The number of hydrogen-bond acceptors (Lipinski definition) is 1. The fraction of sp³-hybridized carbons (Fsp3) is 0. The second-order valence-electron chi connectivity index (χ2n) is 3.44. The minimum absolute atomic E-state index is 0.220. The highest BCUT2D eigenvalue weighted by molar-refractivity contribution is 5.66. The molecule has 0 amide bonds. The van der Waals surface area contributed by atoms with Gasteiger partial charge in [0, 0.05) is 10.5 Å². The SMILES string of the molecule is [N-]=[N+]=Nc1c(F)cc(-c2ccccc2)c(F)c1F. The average Bonchev–Trinajstić information content (AvgIpc) is 2.40. The van der Waals surface area contributed by atoms with Gasteiger partial charge in [0.1, 0.15) is 11.5 Å². The topological polar surface area (TPSA) is 48.8 Å². The molecular weight excluding hydrogens is 243 g/mol. The Kier molecular flexibility index (Phi) is 3.21. The molecule has 90 valence electrons. The zero-order valence-electron chi connectivity index (χ0n) is 8.94. The first-order valence-electron chi connectivity index (χ1n) is 4.93. The maximum Gasteiger partial charge on any atom is 0.172 e. The van der Waals surface area contributed by atoms with Crippen molar-refractivity contribution in [3.05, 3.63) is 64.3 Å². The molecule has 2 aromatic rings. The van der Waals surface area contributed by atoms with Crippen molar-refractivity contribution in [2.24, 2.45) is 5.11 Å². The van der Waals surface area contributed by atoms with Crippen LogP contribution in [0.2, 0.25) is 0 Å². The van der Waals surface area contributed by atoms with Crippen molar-refractivity contribution >= 4 is 5.69 Å². The Morgan fingerprint density at radius 2 is 1.67 bits per heavy atom. The van der Waals surface area contributed by atoms with Gasteiger partial charge in [0.15, 0.2) is 11.6 Å². The summed E-state index contributed by atoms with van der Waals surface area (Å²) in [5, 5.41) is 2.79. The van der Waals surface area contributed by atoms with Crippen LogP contribution >= 0.6 is 0 Å². The molecule has 0 heterocycles. The lowest BCUT2D eigenvalue weighted by atomic mass is 10.0. The Hall–Kier alpha value is -2.46. The molecule has 0 aliphatic rings. The monoisotopic (exact) mass is 249 g/mol. The molecule has 0 unspecified atom stereocenters. The highest BCUT2D eigenvalue weighted by Gasteiger charge is 2.18. The molecule has 0 saturated heterocycles. The van der Waals surface area contributed by atoms with E-state index < -0.39 is 23.1 Å². The van der Waals surface area contributed by atoms with Crippen molar-refractivity contribution in [3.8, 4) is 11.1 Å². The summed E-state index contributed by atoms with van der Waals surface area (Å²) in [5.74, 6) is -3.85. The van der Waals surface area contributed by atoms with E-state index >= 15 is 0 Å². The Balaban J connectivity index is 2.69. The lowest BCUT2D eigenvalue weighted by Crippen LogP contribution is -1.93. The summed E-state index contributed by atoms with van der Waals surface area (Å²) in [6.45, 7) is 0. The summed E-state index contributed by atoms with van der Waals surface area (Å²) in [6, 6.07) is 8.77. The summed E-state index contributed by atoms with van der Waals surface area (Å²) >= 11 is 0. The van der Waals surface area contributed by atoms with E-state index in [4.69, 9.17) is 5.53 Å². The smallest absolute Gasteiger partial charge is 0.172 e. The van der Waals surface area contributed by atoms with Crippen LogP contribution in [0.25, 0.3) is 21.6 Å². The molecule has 0 radical (unpaired) electrons. The third-order valence-electron chi connectivity index (χ3n) is 2.36. The average molecular weight is 249 g/mol. The minimum Gasteiger partial charge on any atom is -0.206 e. The maximum absolute atomic E-state index is 13.7. The van der Waals surface area contributed by atoms with Crippen molar-refractivity contribution in [1.82, 2.24) is 0 Å². The van der Waals surface area contributed by atoms with Gasteiger partial charge in [0.25, 0.3) is 0 Å². The van der Waals surface area contributed by atoms with Crippen molar-refractivity contribution in [3.63, 3.8) is 0 Å². The third kappa shape index (κ3) is 2.01. The molecule has 6 heteroatoms. The summed E-state index contributed by atoms with van der Waals surface area (Å²) in [6.07, 6.45) is 0. The first-order valence-corrected chi connectivity index (χ1v) is 4.93. The van der Waals surface area contributed by atoms with E-state index in [1.54, 1.807) is 18.2 Å². The van der Waals surface area contributed by atoms with E-state index in [0.29, 0.717) is 5.56 Å². The van der Waals surface area contributed by atoms with E-state index in [9.17, 15) is 13.2 Å². The standard InChI is InChI=1S/C12H6F3N3/c13-9-6-8(7-4-2-1-3-5-7)10(14)11(15)12(9)17-18-16/h1-6H. The Labute approximate surface area is 100 Å². The fourth-order valence-electron chi connectivity index (χ4n) is 1.55. The van der Waals surface area contributed by atoms with Crippen LogP contribution in [0.4, 0.5) is 18.9 Å². The van der Waals surface area contributed by atoms with Crippen LogP contribution in [0.5, 0.6) is 0 Å². The van der Waals surface area contributed by atoms with Gasteiger partial charge < -0.3 is 0 Å². The summed E-state index contributed by atoms with van der Waals surface area (Å²) in [4.78, 5) is 2.25. The second-order valence-corrected chi connectivity index (χ2v) is 3.44. The summed E-state index contributed by atoms with van der Waals surface area (Å²) in [7, 11) is 0. The number of azide groups is 1. The van der Waals surface area contributed by atoms with E-state index in [0.717, 1.165) is 6.07 Å². The van der Waals surface area contributed by atoms with Gasteiger partial charge in [-0.1, -0.05) is 35.4 Å². The van der Waals surface area contributed by atoms with E-state index in [2.05, 4.69) is 10.0 Å². The van der Waals surface area contributed by atoms with E-state index in [-0.39, 0.29) is 5.56 Å². The van der Waals surface area contributed by atoms with Gasteiger partial charge in [-0.05, 0) is 17.2 Å². The van der Waals surface area contributed by atoms with Crippen molar-refractivity contribution < 1.29 is 13.2 Å². The Bertz CT molecular complexity index is 635. The number of benzene rings is 2. The number of halogens is 3. The molecule has 18 heavy (non-hydrogen) atoms. The fourth-order valence-corrected chi connectivity index (χ4v) is 1.55. The Morgan fingerprint density at radius 3 is 2.28 bits per heavy atom. The molecule has 0 bridgehead atoms. The molecule has 0 atom stereocenters. The number of rotatable bonds is 2. The largest absolute Gasteiger partial charge is 0.206 e. The van der Waals surface area contributed by atoms with Gasteiger partial charge in [-0.3, -0.25) is 0 Å². The van der Waals surface area contributed by atoms with Crippen LogP contribution < -0.4 is 0 Å². The number of nitrogens with zero attached hydrogens (tertiary/aromatic N) is 3. The summed E-state index contributed by atoms with van der Waals surface area (Å²) < 4.78 is 40.7. The molecule has 0 aliphatic heterocycles. The van der Waals surface area contributed by atoms with Gasteiger partial charge in [-0.25, -0.2) is 13.2 Å². The Morgan fingerprint density at radius 1 is 1.00 bits per heavy atom. The lowest BCUT2D eigenvalue weighted by Gasteiger charge is -2.07. The molecule has 3 nitrogen and oxygen atoms in total. The predicted octanol–water partition coefficient (Wildman–Crippen LogP) is 4.71. The zero-order valence-corrected chi connectivity index (χ0v) is 8.94. The molecule has 0 fully saturated rings. The molecule has 2 aromatic carbocycles. The van der Waals surface area contributed by atoms with E-state index in [1.807, 2.05) is 0 Å². The molecule has 0 spiro atoms. The van der Waals surface area contributed by atoms with Crippen molar-refractivity contribution in [2.45, 2.75) is 0 Å². The van der Waals surface area contributed by atoms with Gasteiger partial charge in [0.2, 0.25) is 0 Å². The van der Waals surface area contributed by atoms with Gasteiger partial charge in [0.05, 0.1) is 0 Å². The van der Waals surface area contributed by atoms with Gasteiger partial charge in [-0.2, -0.15) is 0 Å². The molecule has 0 aliphatic carbocycles. The van der Waals surface area contributed by atoms with Crippen LogP contribution in [0.3, 0.4) is 0 Å². The zero-order chi connectivity index (χ0) is 13.1. The second kappa shape index (κ2) is 4.81. The maximum atomic E-state index is 13.7.